The van der Waals surface area contributed by atoms with Crippen molar-refractivity contribution in [3.63, 3.8) is 0 Å². The predicted octanol–water partition coefficient (Wildman–Crippen LogP) is 4.36. The molecule has 0 radical (unpaired) electrons. The van der Waals surface area contributed by atoms with Crippen molar-refractivity contribution in [2.24, 2.45) is 0 Å². The van der Waals surface area contributed by atoms with Crippen LogP contribution in [0.15, 0.2) is 42.5 Å². The van der Waals surface area contributed by atoms with Gasteiger partial charge in [-0.2, -0.15) is 0 Å². The lowest BCUT2D eigenvalue weighted by Gasteiger charge is -2.12. The van der Waals surface area contributed by atoms with Gasteiger partial charge in [0.25, 0.3) is 5.91 Å². The zero-order valence-corrected chi connectivity index (χ0v) is 15.3. The van der Waals surface area contributed by atoms with Crippen LogP contribution >= 0.6 is 11.6 Å². The minimum Gasteiger partial charge on any atom is -0.352 e. The molecule has 0 saturated heterocycles. The number of anilines is 1. The molecule has 0 aromatic heterocycles. The summed E-state index contributed by atoms with van der Waals surface area (Å²) in [6.07, 6.45) is 1.83. The van der Waals surface area contributed by atoms with Crippen molar-refractivity contribution in [2.75, 3.05) is 11.9 Å². The third-order valence-corrected chi connectivity index (χ3v) is 3.99. The van der Waals surface area contributed by atoms with E-state index in [-0.39, 0.29) is 11.8 Å². The second-order valence-electron chi connectivity index (χ2n) is 5.98. The zero-order chi connectivity index (χ0) is 18.2. The maximum atomic E-state index is 12.3. The van der Waals surface area contributed by atoms with E-state index in [0.29, 0.717) is 35.7 Å². The smallest absolute Gasteiger partial charge is 0.253 e. The molecule has 132 valence electrons. The van der Waals surface area contributed by atoms with Crippen LogP contribution < -0.4 is 10.6 Å². The summed E-state index contributed by atoms with van der Waals surface area (Å²) < 4.78 is 0. The number of aryl methyl sites for hydroxylation is 2. The van der Waals surface area contributed by atoms with Crippen molar-refractivity contribution in [2.45, 2.75) is 33.1 Å². The number of hydrogen-bond donors (Lipinski definition) is 2. The van der Waals surface area contributed by atoms with Crippen LogP contribution in [-0.4, -0.2) is 18.4 Å². The first-order chi connectivity index (χ1) is 12.0. The van der Waals surface area contributed by atoms with Gasteiger partial charge in [0.1, 0.15) is 0 Å². The molecule has 2 aromatic carbocycles. The first-order valence-electron chi connectivity index (χ1n) is 8.42. The first-order valence-corrected chi connectivity index (χ1v) is 8.80. The number of benzene rings is 2. The summed E-state index contributed by atoms with van der Waals surface area (Å²) in [5.74, 6) is -0.360. The fraction of sp³-hybridized carbons (Fsp3) is 0.300. The van der Waals surface area contributed by atoms with Crippen LogP contribution in [0, 0.1) is 6.92 Å². The molecule has 0 heterocycles. The van der Waals surface area contributed by atoms with Crippen LogP contribution in [-0.2, 0) is 11.2 Å². The Labute approximate surface area is 153 Å². The van der Waals surface area contributed by atoms with Crippen molar-refractivity contribution in [1.82, 2.24) is 5.32 Å². The Morgan fingerprint density at radius 2 is 1.92 bits per heavy atom. The summed E-state index contributed by atoms with van der Waals surface area (Å²) in [4.78, 5) is 24.5. The van der Waals surface area contributed by atoms with E-state index in [4.69, 9.17) is 11.6 Å². The standard InChI is InChI=1S/C20H23ClN2O2/c1-3-11-22-20(25)17-9-8-16(21)13-18(17)23-19(24)10-7-15-6-4-5-14(2)12-15/h4-6,8-9,12-13H,3,7,10-11H2,1-2H3,(H,22,25)(H,23,24). The third kappa shape index (κ3) is 5.91. The fourth-order valence-electron chi connectivity index (χ4n) is 2.49. The van der Waals surface area contributed by atoms with E-state index in [9.17, 15) is 9.59 Å². The van der Waals surface area contributed by atoms with Gasteiger partial charge in [-0.3, -0.25) is 9.59 Å². The highest BCUT2D eigenvalue weighted by molar-refractivity contribution is 6.31. The Kier molecular flexibility index (Phi) is 7.02. The summed E-state index contributed by atoms with van der Waals surface area (Å²) >= 11 is 6.02. The van der Waals surface area contributed by atoms with Crippen LogP contribution in [0.2, 0.25) is 5.02 Å². The monoisotopic (exact) mass is 358 g/mol. The Bertz CT molecular complexity index is 759. The first kappa shape index (κ1) is 19.0. The molecular formula is C20H23ClN2O2. The normalized spacial score (nSPS) is 10.4. The van der Waals surface area contributed by atoms with Crippen LogP contribution in [0.5, 0.6) is 0 Å². The molecule has 0 fully saturated rings. The summed E-state index contributed by atoms with van der Waals surface area (Å²) in [5, 5.41) is 6.10. The van der Waals surface area contributed by atoms with Gasteiger partial charge in [0.05, 0.1) is 11.3 Å². The van der Waals surface area contributed by atoms with Gasteiger partial charge in [-0.25, -0.2) is 0 Å². The largest absolute Gasteiger partial charge is 0.352 e. The van der Waals surface area contributed by atoms with Crippen molar-refractivity contribution in [3.8, 4) is 0 Å². The van der Waals surface area contributed by atoms with Gasteiger partial charge in [0.15, 0.2) is 0 Å². The average molecular weight is 359 g/mol. The SMILES string of the molecule is CCCNC(=O)c1ccc(Cl)cc1NC(=O)CCc1cccc(C)c1. The van der Waals surface area contributed by atoms with Crippen molar-refractivity contribution < 1.29 is 9.59 Å². The van der Waals surface area contributed by atoms with E-state index in [1.54, 1.807) is 18.2 Å². The van der Waals surface area contributed by atoms with Crippen molar-refractivity contribution in [3.05, 3.63) is 64.2 Å². The summed E-state index contributed by atoms with van der Waals surface area (Å²) in [7, 11) is 0. The van der Waals surface area contributed by atoms with Crippen LogP contribution in [0.4, 0.5) is 5.69 Å². The molecule has 2 amide bonds. The molecule has 25 heavy (non-hydrogen) atoms. The molecule has 0 aliphatic heterocycles. The molecule has 2 aromatic rings. The molecule has 5 heteroatoms. The molecule has 0 spiro atoms. The highest BCUT2D eigenvalue weighted by Crippen LogP contribution is 2.21. The minimum absolute atomic E-state index is 0.145. The van der Waals surface area contributed by atoms with Gasteiger partial charge in [0.2, 0.25) is 5.91 Å². The summed E-state index contributed by atoms with van der Waals surface area (Å²) in [6.45, 7) is 4.59. The van der Waals surface area contributed by atoms with Gasteiger partial charge in [-0.1, -0.05) is 48.4 Å². The molecule has 2 N–H and O–H groups in total. The maximum absolute atomic E-state index is 12.3. The lowest BCUT2D eigenvalue weighted by molar-refractivity contribution is -0.116. The summed E-state index contributed by atoms with van der Waals surface area (Å²) in [5.41, 5.74) is 3.14. The fourth-order valence-corrected chi connectivity index (χ4v) is 2.66. The molecule has 0 aliphatic rings. The number of amides is 2. The highest BCUT2D eigenvalue weighted by Gasteiger charge is 2.14. The van der Waals surface area contributed by atoms with E-state index in [1.165, 1.54) is 5.56 Å². The third-order valence-electron chi connectivity index (χ3n) is 3.76. The summed E-state index contributed by atoms with van der Waals surface area (Å²) in [6, 6.07) is 13.0. The van der Waals surface area contributed by atoms with E-state index in [2.05, 4.69) is 16.7 Å². The molecule has 0 aliphatic carbocycles. The zero-order valence-electron chi connectivity index (χ0n) is 14.6. The number of carbonyl (C=O) groups is 2. The molecule has 0 saturated carbocycles. The van der Waals surface area contributed by atoms with Crippen LogP contribution in [0.1, 0.15) is 41.3 Å². The molecule has 2 rings (SSSR count). The van der Waals surface area contributed by atoms with Crippen molar-refractivity contribution in [1.29, 1.82) is 0 Å². The number of carbonyl (C=O) groups excluding carboxylic acids is 2. The minimum atomic E-state index is -0.215. The van der Waals surface area contributed by atoms with E-state index >= 15 is 0 Å². The lowest BCUT2D eigenvalue weighted by Crippen LogP contribution is -2.25. The quantitative estimate of drug-likeness (QED) is 0.772. The van der Waals surface area contributed by atoms with Crippen LogP contribution in [0.25, 0.3) is 0 Å². The Balaban J connectivity index is 2.04. The number of rotatable bonds is 7. The molecular weight excluding hydrogens is 336 g/mol. The second kappa shape index (κ2) is 9.23. The predicted molar refractivity (Wildman–Crippen MR) is 102 cm³/mol. The topological polar surface area (TPSA) is 58.2 Å². The molecule has 0 atom stereocenters. The van der Waals surface area contributed by atoms with Crippen molar-refractivity contribution >= 4 is 29.1 Å². The molecule has 4 nitrogen and oxygen atoms in total. The second-order valence-corrected chi connectivity index (χ2v) is 6.42. The highest BCUT2D eigenvalue weighted by atomic mass is 35.5. The molecule has 0 bridgehead atoms. The Morgan fingerprint density at radius 1 is 1.12 bits per heavy atom. The van der Waals surface area contributed by atoms with Gasteiger partial charge < -0.3 is 10.6 Å². The van der Waals surface area contributed by atoms with Gasteiger partial charge in [0, 0.05) is 18.0 Å². The average Bonchev–Trinajstić information content (AvgIpc) is 2.58. The van der Waals surface area contributed by atoms with Gasteiger partial charge in [-0.15, -0.1) is 0 Å². The van der Waals surface area contributed by atoms with Gasteiger partial charge >= 0.3 is 0 Å². The lowest BCUT2D eigenvalue weighted by atomic mass is 10.1. The number of halogens is 1. The maximum Gasteiger partial charge on any atom is 0.253 e. The number of hydrogen-bond acceptors (Lipinski definition) is 2. The Hall–Kier alpha value is -2.33. The van der Waals surface area contributed by atoms with E-state index in [0.717, 1.165) is 12.0 Å². The van der Waals surface area contributed by atoms with E-state index < -0.39 is 0 Å². The molecule has 0 unspecified atom stereocenters. The van der Waals surface area contributed by atoms with Crippen LogP contribution in [0.3, 0.4) is 0 Å². The van der Waals surface area contributed by atoms with E-state index in [1.807, 2.05) is 32.0 Å². The Morgan fingerprint density at radius 3 is 2.64 bits per heavy atom. The van der Waals surface area contributed by atoms with Gasteiger partial charge in [-0.05, 0) is 43.5 Å². The number of nitrogens with one attached hydrogen (secondary N) is 2.